The molecule has 0 amide bonds. The Balaban J connectivity index is 2.34. The fourth-order valence-corrected chi connectivity index (χ4v) is 2.05. The molecule has 3 rings (SSSR count). The molecule has 3 nitrogen and oxygen atoms in total. The van der Waals surface area contributed by atoms with Crippen molar-refractivity contribution >= 4 is 23.0 Å². The minimum absolute atomic E-state index is 0.494. The summed E-state index contributed by atoms with van der Waals surface area (Å²) in [7, 11) is 0. The summed E-state index contributed by atoms with van der Waals surface area (Å²) in [5, 5.41) is 2.26. The molecule has 3 aromatic rings. The van der Waals surface area contributed by atoms with Gasteiger partial charge in [-0.05, 0) is 29.7 Å². The van der Waals surface area contributed by atoms with Crippen LogP contribution in [0, 0.1) is 4.77 Å². The maximum atomic E-state index is 5.04. The predicted octanol–water partition coefficient (Wildman–Crippen LogP) is 3.35. The van der Waals surface area contributed by atoms with Crippen LogP contribution in [0.1, 0.15) is 0 Å². The molecular weight excluding hydrogens is 230 g/mol. The molecular formula is C13H9N3S. The quantitative estimate of drug-likeness (QED) is 0.662. The van der Waals surface area contributed by atoms with Gasteiger partial charge in [0.25, 0.3) is 0 Å². The normalized spacial score (nSPS) is 10.6. The summed E-state index contributed by atoms with van der Waals surface area (Å²) in [4.78, 5) is 11.2. The first-order valence-corrected chi connectivity index (χ1v) is 5.64. The second kappa shape index (κ2) is 4.07. The number of H-pyrrole nitrogens is 1. The summed E-state index contributed by atoms with van der Waals surface area (Å²) in [6.07, 6.45) is 5.37. The van der Waals surface area contributed by atoms with Crippen molar-refractivity contribution in [2.75, 3.05) is 0 Å². The molecule has 17 heavy (non-hydrogen) atoms. The van der Waals surface area contributed by atoms with Crippen LogP contribution in [0.25, 0.3) is 22.0 Å². The number of benzene rings is 1. The highest BCUT2D eigenvalue weighted by atomic mass is 32.1. The average molecular weight is 239 g/mol. The van der Waals surface area contributed by atoms with Gasteiger partial charge in [-0.1, -0.05) is 18.2 Å². The largest absolute Gasteiger partial charge is 0.330 e. The number of pyridine rings is 1. The monoisotopic (exact) mass is 239 g/mol. The lowest BCUT2D eigenvalue weighted by Gasteiger charge is -2.05. The first kappa shape index (κ1) is 10.1. The second-order valence-corrected chi connectivity index (χ2v) is 4.08. The number of aromatic nitrogens is 3. The lowest BCUT2D eigenvalue weighted by molar-refractivity contribution is 1.14. The molecule has 4 heteroatoms. The van der Waals surface area contributed by atoms with Crippen molar-refractivity contribution in [2.24, 2.45) is 0 Å². The summed E-state index contributed by atoms with van der Waals surface area (Å²) >= 11 is 5.04. The van der Waals surface area contributed by atoms with Gasteiger partial charge in [0.15, 0.2) is 4.77 Å². The van der Waals surface area contributed by atoms with Gasteiger partial charge in [-0.15, -0.1) is 0 Å². The van der Waals surface area contributed by atoms with Crippen molar-refractivity contribution in [3.63, 3.8) is 0 Å². The van der Waals surface area contributed by atoms with E-state index in [-0.39, 0.29) is 0 Å². The summed E-state index contributed by atoms with van der Waals surface area (Å²) in [5.41, 5.74) is 2.08. The van der Waals surface area contributed by atoms with E-state index in [1.165, 1.54) is 0 Å². The second-order valence-electron chi connectivity index (χ2n) is 3.69. The van der Waals surface area contributed by atoms with Crippen LogP contribution in [0.15, 0.2) is 48.9 Å². The van der Waals surface area contributed by atoms with Gasteiger partial charge in [-0.2, -0.15) is 0 Å². The zero-order chi connectivity index (χ0) is 11.7. The Morgan fingerprint density at radius 2 is 2.00 bits per heavy atom. The molecule has 0 fully saturated rings. The first-order chi connectivity index (χ1) is 8.34. The zero-order valence-electron chi connectivity index (χ0n) is 8.92. The third-order valence-electron chi connectivity index (χ3n) is 2.65. The highest BCUT2D eigenvalue weighted by molar-refractivity contribution is 7.71. The Morgan fingerprint density at radius 1 is 1.06 bits per heavy atom. The molecule has 1 aromatic carbocycles. The van der Waals surface area contributed by atoms with Gasteiger partial charge in [-0.25, -0.2) is 4.98 Å². The minimum atomic E-state index is 0.494. The van der Waals surface area contributed by atoms with Gasteiger partial charge in [0.05, 0.1) is 0 Å². The SMILES string of the molecule is S=c1nccc(-c2cccc3cnccc23)[nH]1. The van der Waals surface area contributed by atoms with Crippen LogP contribution in [0.2, 0.25) is 0 Å². The van der Waals surface area contributed by atoms with Crippen LogP contribution < -0.4 is 0 Å². The molecule has 0 radical (unpaired) electrons. The molecule has 0 saturated carbocycles. The van der Waals surface area contributed by atoms with Gasteiger partial charge >= 0.3 is 0 Å². The third kappa shape index (κ3) is 1.83. The highest BCUT2D eigenvalue weighted by Gasteiger charge is 2.03. The van der Waals surface area contributed by atoms with Crippen LogP contribution in [0.3, 0.4) is 0 Å². The smallest absolute Gasteiger partial charge is 0.197 e. The summed E-state index contributed by atoms with van der Waals surface area (Å²) < 4.78 is 0.494. The number of hydrogen-bond donors (Lipinski definition) is 1. The molecule has 0 atom stereocenters. The molecule has 82 valence electrons. The maximum Gasteiger partial charge on any atom is 0.197 e. The maximum absolute atomic E-state index is 5.04. The Bertz CT molecular complexity index is 728. The van der Waals surface area contributed by atoms with Crippen molar-refractivity contribution < 1.29 is 0 Å². The van der Waals surface area contributed by atoms with E-state index in [1.54, 1.807) is 12.4 Å². The molecule has 0 bridgehead atoms. The fraction of sp³-hybridized carbons (Fsp3) is 0. The van der Waals surface area contributed by atoms with E-state index in [0.29, 0.717) is 4.77 Å². The van der Waals surface area contributed by atoms with Crippen molar-refractivity contribution in [3.05, 3.63) is 53.7 Å². The lowest BCUT2D eigenvalue weighted by atomic mass is 10.0. The van der Waals surface area contributed by atoms with Crippen molar-refractivity contribution in [1.29, 1.82) is 0 Å². The van der Waals surface area contributed by atoms with Gasteiger partial charge in [-0.3, -0.25) is 4.98 Å². The van der Waals surface area contributed by atoms with Crippen molar-refractivity contribution in [1.82, 2.24) is 15.0 Å². The summed E-state index contributed by atoms with van der Waals surface area (Å²) in [5.74, 6) is 0. The summed E-state index contributed by atoms with van der Waals surface area (Å²) in [6.45, 7) is 0. The minimum Gasteiger partial charge on any atom is -0.330 e. The molecule has 0 spiro atoms. The van der Waals surface area contributed by atoms with Crippen LogP contribution in [0.5, 0.6) is 0 Å². The summed E-state index contributed by atoms with van der Waals surface area (Å²) in [6, 6.07) is 10.0. The van der Waals surface area contributed by atoms with Crippen LogP contribution in [-0.2, 0) is 0 Å². The van der Waals surface area contributed by atoms with Crippen LogP contribution in [0.4, 0.5) is 0 Å². The van der Waals surface area contributed by atoms with Gasteiger partial charge < -0.3 is 4.98 Å². The van der Waals surface area contributed by atoms with Crippen molar-refractivity contribution in [3.8, 4) is 11.3 Å². The van der Waals surface area contributed by atoms with E-state index in [1.807, 2.05) is 30.5 Å². The van der Waals surface area contributed by atoms with E-state index in [4.69, 9.17) is 12.2 Å². The highest BCUT2D eigenvalue weighted by Crippen LogP contribution is 2.25. The van der Waals surface area contributed by atoms with Gasteiger partial charge in [0, 0.05) is 35.2 Å². The van der Waals surface area contributed by atoms with E-state index in [0.717, 1.165) is 22.0 Å². The molecule has 0 aliphatic heterocycles. The molecule has 2 heterocycles. The number of nitrogens with one attached hydrogen (secondary N) is 1. The Morgan fingerprint density at radius 3 is 2.88 bits per heavy atom. The number of nitrogens with zero attached hydrogens (tertiary/aromatic N) is 2. The standard InChI is InChI=1S/C13H9N3S/c17-13-15-7-5-12(16-13)11-3-1-2-9-8-14-6-4-10(9)11/h1-8H,(H,15,16,17). The fourth-order valence-electron chi connectivity index (χ4n) is 1.88. The van der Waals surface area contributed by atoms with E-state index < -0.39 is 0 Å². The first-order valence-electron chi connectivity index (χ1n) is 5.23. The molecule has 0 aliphatic carbocycles. The molecule has 0 saturated heterocycles. The molecule has 2 aromatic heterocycles. The third-order valence-corrected chi connectivity index (χ3v) is 2.85. The lowest BCUT2D eigenvalue weighted by Crippen LogP contribution is -1.87. The van der Waals surface area contributed by atoms with E-state index >= 15 is 0 Å². The number of fused-ring (bicyclic) bond motifs is 1. The molecule has 0 unspecified atom stereocenters. The van der Waals surface area contributed by atoms with Crippen LogP contribution >= 0.6 is 12.2 Å². The zero-order valence-corrected chi connectivity index (χ0v) is 9.74. The Labute approximate surface area is 103 Å². The van der Waals surface area contributed by atoms with E-state index in [9.17, 15) is 0 Å². The topological polar surface area (TPSA) is 41.6 Å². The number of aromatic amines is 1. The number of rotatable bonds is 1. The molecule has 1 N–H and O–H groups in total. The van der Waals surface area contributed by atoms with Crippen molar-refractivity contribution in [2.45, 2.75) is 0 Å². The Hall–Kier alpha value is -2.07. The molecule has 0 aliphatic rings. The predicted molar refractivity (Wildman–Crippen MR) is 70.2 cm³/mol. The number of hydrogen-bond acceptors (Lipinski definition) is 3. The van der Waals surface area contributed by atoms with Gasteiger partial charge in [0.1, 0.15) is 0 Å². The van der Waals surface area contributed by atoms with Gasteiger partial charge in [0.2, 0.25) is 0 Å². The van der Waals surface area contributed by atoms with E-state index in [2.05, 4.69) is 21.0 Å². The van der Waals surface area contributed by atoms with Crippen LogP contribution in [-0.4, -0.2) is 15.0 Å². The average Bonchev–Trinajstić information content (AvgIpc) is 2.38. The Kier molecular flexibility index (Phi) is 2.42.